The number of ether oxygens (including phenoxy) is 1. The fourth-order valence-electron chi connectivity index (χ4n) is 1.36. The van der Waals surface area contributed by atoms with Gasteiger partial charge in [-0.25, -0.2) is 0 Å². The molecule has 7 nitrogen and oxygen atoms in total. The SMILES string of the molecule is COCCNC(=O)CNC(=O)c1cccc(N)c1O. The second-order valence-corrected chi connectivity index (χ2v) is 3.77. The Morgan fingerprint density at radius 1 is 1.37 bits per heavy atom. The maximum atomic E-state index is 11.7. The lowest BCUT2D eigenvalue weighted by Gasteiger charge is -2.08. The van der Waals surface area contributed by atoms with Crippen molar-refractivity contribution < 1.29 is 19.4 Å². The van der Waals surface area contributed by atoms with Crippen LogP contribution in [0.25, 0.3) is 0 Å². The molecule has 0 radical (unpaired) electrons. The van der Waals surface area contributed by atoms with Gasteiger partial charge in [-0.15, -0.1) is 0 Å². The number of amides is 2. The highest BCUT2D eigenvalue weighted by atomic mass is 16.5. The third-order valence-electron chi connectivity index (χ3n) is 2.35. The molecule has 7 heteroatoms. The van der Waals surface area contributed by atoms with Crippen LogP contribution in [0.15, 0.2) is 18.2 Å². The van der Waals surface area contributed by atoms with E-state index in [4.69, 9.17) is 10.5 Å². The smallest absolute Gasteiger partial charge is 0.255 e. The number of aromatic hydroxyl groups is 1. The Morgan fingerprint density at radius 2 is 2.11 bits per heavy atom. The molecule has 0 aliphatic carbocycles. The van der Waals surface area contributed by atoms with Crippen molar-refractivity contribution in [3.05, 3.63) is 23.8 Å². The Labute approximate surface area is 110 Å². The van der Waals surface area contributed by atoms with Crippen LogP contribution in [0.2, 0.25) is 0 Å². The van der Waals surface area contributed by atoms with Crippen molar-refractivity contribution in [1.82, 2.24) is 10.6 Å². The average Bonchev–Trinajstić information content (AvgIpc) is 2.39. The predicted molar refractivity (Wildman–Crippen MR) is 69.7 cm³/mol. The van der Waals surface area contributed by atoms with Crippen molar-refractivity contribution in [2.45, 2.75) is 0 Å². The fraction of sp³-hybridized carbons (Fsp3) is 0.333. The molecule has 0 aromatic heterocycles. The lowest BCUT2D eigenvalue weighted by molar-refractivity contribution is -0.120. The Kier molecular flexibility index (Phi) is 5.62. The third kappa shape index (κ3) is 4.47. The number of hydrogen-bond acceptors (Lipinski definition) is 5. The summed E-state index contributed by atoms with van der Waals surface area (Å²) in [4.78, 5) is 23.1. The summed E-state index contributed by atoms with van der Waals surface area (Å²) in [5.41, 5.74) is 5.61. The second-order valence-electron chi connectivity index (χ2n) is 3.77. The molecule has 1 aromatic rings. The van der Waals surface area contributed by atoms with Gasteiger partial charge in [0.15, 0.2) is 5.75 Å². The molecular formula is C12H17N3O4. The summed E-state index contributed by atoms with van der Waals surface area (Å²) in [6.07, 6.45) is 0. The maximum Gasteiger partial charge on any atom is 0.255 e. The molecule has 0 heterocycles. The highest BCUT2D eigenvalue weighted by Gasteiger charge is 2.13. The van der Waals surface area contributed by atoms with Crippen LogP contribution in [0, 0.1) is 0 Å². The zero-order valence-electron chi connectivity index (χ0n) is 10.6. The minimum Gasteiger partial charge on any atom is -0.505 e. The fourth-order valence-corrected chi connectivity index (χ4v) is 1.36. The van der Waals surface area contributed by atoms with Crippen LogP contribution in [0.4, 0.5) is 5.69 Å². The van der Waals surface area contributed by atoms with Gasteiger partial charge in [-0.2, -0.15) is 0 Å². The quantitative estimate of drug-likeness (QED) is 0.314. The summed E-state index contributed by atoms with van der Waals surface area (Å²) in [7, 11) is 1.52. The van der Waals surface area contributed by atoms with Crippen molar-refractivity contribution in [2.75, 3.05) is 32.5 Å². The highest BCUT2D eigenvalue weighted by molar-refractivity contribution is 6.00. The van der Waals surface area contributed by atoms with Crippen molar-refractivity contribution in [3.63, 3.8) is 0 Å². The van der Waals surface area contributed by atoms with Crippen LogP contribution in [0.3, 0.4) is 0 Å². The second kappa shape index (κ2) is 7.22. The van der Waals surface area contributed by atoms with E-state index >= 15 is 0 Å². The average molecular weight is 267 g/mol. The van der Waals surface area contributed by atoms with Crippen molar-refractivity contribution in [2.24, 2.45) is 0 Å². The van der Waals surface area contributed by atoms with Gasteiger partial charge in [-0.3, -0.25) is 9.59 Å². The van der Waals surface area contributed by atoms with E-state index in [0.29, 0.717) is 13.2 Å². The van der Waals surface area contributed by atoms with E-state index in [1.807, 2.05) is 0 Å². The summed E-state index contributed by atoms with van der Waals surface area (Å²) in [6.45, 7) is 0.585. The molecule has 104 valence electrons. The first kappa shape index (κ1) is 14.8. The van der Waals surface area contributed by atoms with E-state index in [2.05, 4.69) is 10.6 Å². The first-order valence-corrected chi connectivity index (χ1v) is 5.67. The van der Waals surface area contributed by atoms with Crippen LogP contribution >= 0.6 is 0 Å². The largest absolute Gasteiger partial charge is 0.505 e. The van der Waals surface area contributed by atoms with Crippen molar-refractivity contribution in [1.29, 1.82) is 0 Å². The molecule has 0 saturated heterocycles. The Balaban J connectivity index is 2.47. The molecule has 2 amide bonds. The molecule has 0 spiro atoms. The summed E-state index contributed by atoms with van der Waals surface area (Å²) in [5.74, 6) is -1.19. The number of methoxy groups -OCH3 is 1. The lowest BCUT2D eigenvalue weighted by Crippen LogP contribution is -2.38. The van der Waals surface area contributed by atoms with E-state index in [1.54, 1.807) is 6.07 Å². The van der Waals surface area contributed by atoms with Gasteiger partial charge in [0.1, 0.15) is 0 Å². The first-order valence-electron chi connectivity index (χ1n) is 5.67. The molecule has 1 rings (SSSR count). The highest BCUT2D eigenvalue weighted by Crippen LogP contribution is 2.23. The summed E-state index contributed by atoms with van der Waals surface area (Å²) >= 11 is 0. The monoisotopic (exact) mass is 267 g/mol. The number of phenols is 1. The number of para-hydroxylation sites is 1. The molecule has 0 aliphatic rings. The van der Waals surface area contributed by atoms with Gasteiger partial charge < -0.3 is 26.2 Å². The van der Waals surface area contributed by atoms with Gasteiger partial charge in [0.2, 0.25) is 5.91 Å². The van der Waals surface area contributed by atoms with Crippen LogP contribution in [0.5, 0.6) is 5.75 Å². The van der Waals surface area contributed by atoms with Gasteiger partial charge >= 0.3 is 0 Å². The van der Waals surface area contributed by atoms with Crippen LogP contribution in [-0.4, -0.2) is 43.7 Å². The van der Waals surface area contributed by atoms with E-state index < -0.39 is 5.91 Å². The van der Waals surface area contributed by atoms with E-state index in [1.165, 1.54) is 19.2 Å². The van der Waals surface area contributed by atoms with Gasteiger partial charge in [0.05, 0.1) is 24.4 Å². The first-order chi connectivity index (χ1) is 9.06. The molecule has 0 aliphatic heterocycles. The molecule has 5 N–H and O–H groups in total. The minimum absolute atomic E-state index is 0.0321. The summed E-state index contributed by atoms with van der Waals surface area (Å²) in [6, 6.07) is 4.44. The Bertz CT molecular complexity index is 462. The molecule has 1 aromatic carbocycles. The number of anilines is 1. The lowest BCUT2D eigenvalue weighted by atomic mass is 10.1. The van der Waals surface area contributed by atoms with Crippen molar-refractivity contribution in [3.8, 4) is 5.75 Å². The molecule has 0 saturated carbocycles. The zero-order chi connectivity index (χ0) is 14.3. The molecule has 0 unspecified atom stereocenters. The number of phenolic OH excluding ortho intramolecular Hbond substituents is 1. The van der Waals surface area contributed by atoms with Gasteiger partial charge in [-0.1, -0.05) is 6.07 Å². The minimum atomic E-state index is -0.563. The number of benzene rings is 1. The van der Waals surface area contributed by atoms with Gasteiger partial charge in [-0.05, 0) is 12.1 Å². The topological polar surface area (TPSA) is 114 Å². The standard InChI is InChI=1S/C12H17N3O4/c1-19-6-5-14-10(16)7-15-12(18)8-3-2-4-9(13)11(8)17/h2-4,17H,5-7,13H2,1H3,(H,14,16)(H,15,18). The van der Waals surface area contributed by atoms with E-state index in [-0.39, 0.29) is 29.5 Å². The molecule has 19 heavy (non-hydrogen) atoms. The number of carbonyl (C=O) groups is 2. The van der Waals surface area contributed by atoms with E-state index in [9.17, 15) is 14.7 Å². The Morgan fingerprint density at radius 3 is 2.79 bits per heavy atom. The predicted octanol–water partition coefficient (Wildman–Crippen LogP) is -0.533. The van der Waals surface area contributed by atoms with Crippen LogP contribution < -0.4 is 16.4 Å². The normalized spacial score (nSPS) is 9.95. The number of nitrogen functional groups attached to an aromatic ring is 1. The zero-order valence-corrected chi connectivity index (χ0v) is 10.6. The maximum absolute atomic E-state index is 11.7. The molecular weight excluding hydrogens is 250 g/mol. The number of carbonyl (C=O) groups excluding carboxylic acids is 2. The number of nitrogens with two attached hydrogens (primary N) is 1. The summed E-state index contributed by atoms with van der Waals surface area (Å²) < 4.78 is 4.77. The Hall–Kier alpha value is -2.28. The third-order valence-corrected chi connectivity index (χ3v) is 2.35. The summed E-state index contributed by atoms with van der Waals surface area (Å²) in [5, 5.41) is 14.5. The van der Waals surface area contributed by atoms with Gasteiger partial charge in [0.25, 0.3) is 5.91 Å². The van der Waals surface area contributed by atoms with Crippen LogP contribution in [0.1, 0.15) is 10.4 Å². The number of hydrogen-bond donors (Lipinski definition) is 4. The van der Waals surface area contributed by atoms with E-state index in [0.717, 1.165) is 0 Å². The van der Waals surface area contributed by atoms with Crippen molar-refractivity contribution >= 4 is 17.5 Å². The molecule has 0 fully saturated rings. The van der Waals surface area contributed by atoms with Crippen LogP contribution in [-0.2, 0) is 9.53 Å². The number of nitrogens with one attached hydrogen (secondary N) is 2. The van der Waals surface area contributed by atoms with Gasteiger partial charge in [0, 0.05) is 13.7 Å². The molecule has 0 atom stereocenters. The molecule has 0 bridgehead atoms. The number of rotatable bonds is 6.